The Morgan fingerprint density at radius 3 is 2.79 bits per heavy atom. The molecule has 0 aliphatic carbocycles. The van der Waals surface area contributed by atoms with Crippen LogP contribution in [0.2, 0.25) is 10.3 Å². The predicted molar refractivity (Wildman–Crippen MR) is 94.1 cm³/mol. The molecule has 0 atom stereocenters. The second kappa shape index (κ2) is 7.12. The van der Waals surface area contributed by atoms with Gasteiger partial charge in [0.2, 0.25) is 5.13 Å². The van der Waals surface area contributed by atoms with Crippen molar-refractivity contribution < 1.29 is 9.53 Å². The number of aromatic nitrogens is 3. The number of pyridine rings is 1. The summed E-state index contributed by atoms with van der Waals surface area (Å²) in [6.45, 7) is 0. The summed E-state index contributed by atoms with van der Waals surface area (Å²) in [4.78, 5) is 20.4. The lowest BCUT2D eigenvalue weighted by molar-refractivity contribution is 0.102. The van der Waals surface area contributed by atoms with Gasteiger partial charge in [-0.05, 0) is 24.3 Å². The van der Waals surface area contributed by atoms with Crippen LogP contribution < -0.4 is 10.1 Å². The maximum atomic E-state index is 12.2. The van der Waals surface area contributed by atoms with Crippen molar-refractivity contribution in [3.8, 4) is 17.1 Å². The van der Waals surface area contributed by atoms with E-state index in [0.717, 1.165) is 17.1 Å². The number of hydrogen-bond donors (Lipinski definition) is 1. The molecule has 122 valence electrons. The lowest BCUT2D eigenvalue weighted by Gasteiger charge is -2.03. The molecule has 0 bridgehead atoms. The number of anilines is 1. The quantitative estimate of drug-likeness (QED) is 0.687. The minimum Gasteiger partial charge on any atom is -0.497 e. The molecule has 2 aromatic heterocycles. The molecule has 1 aromatic carbocycles. The van der Waals surface area contributed by atoms with Gasteiger partial charge in [0.25, 0.3) is 5.91 Å². The van der Waals surface area contributed by atoms with E-state index in [-0.39, 0.29) is 15.9 Å². The summed E-state index contributed by atoms with van der Waals surface area (Å²) >= 11 is 12.7. The molecular weight excluding hydrogens is 371 g/mol. The van der Waals surface area contributed by atoms with Crippen molar-refractivity contribution in [3.05, 3.63) is 52.3 Å². The summed E-state index contributed by atoms with van der Waals surface area (Å²) in [6, 6.07) is 10.3. The van der Waals surface area contributed by atoms with E-state index in [1.807, 2.05) is 24.3 Å². The van der Waals surface area contributed by atoms with Crippen molar-refractivity contribution in [2.45, 2.75) is 0 Å². The van der Waals surface area contributed by atoms with Gasteiger partial charge in [-0.3, -0.25) is 10.1 Å². The van der Waals surface area contributed by atoms with Crippen molar-refractivity contribution in [2.24, 2.45) is 0 Å². The molecule has 0 saturated carbocycles. The van der Waals surface area contributed by atoms with Crippen LogP contribution in [0.3, 0.4) is 0 Å². The fraction of sp³-hybridized carbons (Fsp3) is 0.0667. The number of carbonyl (C=O) groups excluding carboxylic acids is 1. The Morgan fingerprint density at radius 1 is 1.21 bits per heavy atom. The van der Waals surface area contributed by atoms with Crippen molar-refractivity contribution in [3.63, 3.8) is 0 Å². The van der Waals surface area contributed by atoms with Crippen LogP contribution in [0, 0.1) is 0 Å². The average Bonchev–Trinajstić information content (AvgIpc) is 3.03. The van der Waals surface area contributed by atoms with Gasteiger partial charge in [-0.2, -0.15) is 9.36 Å². The lowest BCUT2D eigenvalue weighted by atomic mass is 10.2. The fourth-order valence-corrected chi connectivity index (χ4v) is 2.92. The van der Waals surface area contributed by atoms with Crippen LogP contribution in [-0.2, 0) is 0 Å². The number of rotatable bonds is 4. The van der Waals surface area contributed by atoms with Gasteiger partial charge in [-0.25, -0.2) is 4.98 Å². The number of benzene rings is 1. The highest BCUT2D eigenvalue weighted by Gasteiger charge is 2.15. The van der Waals surface area contributed by atoms with E-state index >= 15 is 0 Å². The molecular formula is C15H10Cl2N4O2S. The van der Waals surface area contributed by atoms with E-state index < -0.39 is 5.91 Å². The molecule has 0 unspecified atom stereocenters. The molecule has 0 aliphatic heterocycles. The van der Waals surface area contributed by atoms with E-state index in [4.69, 9.17) is 27.9 Å². The van der Waals surface area contributed by atoms with Gasteiger partial charge in [0.1, 0.15) is 16.1 Å². The number of nitrogens with one attached hydrogen (secondary N) is 1. The van der Waals surface area contributed by atoms with E-state index in [1.165, 1.54) is 12.1 Å². The second-order valence-corrected chi connectivity index (χ2v) is 6.08. The van der Waals surface area contributed by atoms with Gasteiger partial charge in [-0.1, -0.05) is 35.3 Å². The van der Waals surface area contributed by atoms with Gasteiger partial charge < -0.3 is 4.74 Å². The Labute approximate surface area is 151 Å². The van der Waals surface area contributed by atoms with E-state index in [1.54, 1.807) is 7.11 Å². The summed E-state index contributed by atoms with van der Waals surface area (Å²) in [5.74, 6) is 0.763. The molecule has 3 aromatic rings. The lowest BCUT2D eigenvalue weighted by Crippen LogP contribution is -2.12. The van der Waals surface area contributed by atoms with Gasteiger partial charge >= 0.3 is 0 Å². The fourth-order valence-electron chi connectivity index (χ4n) is 1.90. The van der Waals surface area contributed by atoms with Crippen molar-refractivity contribution in [1.29, 1.82) is 0 Å². The van der Waals surface area contributed by atoms with Crippen LogP contribution in [0.5, 0.6) is 5.75 Å². The number of amides is 1. The standard InChI is InChI=1S/C15H10Cl2N4O2S/c1-23-9-4-2-3-8(7-9)13-19-15(24-21-13)20-14(22)10-5-6-11(16)18-12(10)17/h2-7H,1H3,(H,19,20,21,22). The Kier molecular flexibility index (Phi) is 4.94. The van der Waals surface area contributed by atoms with E-state index in [9.17, 15) is 4.79 Å². The van der Waals surface area contributed by atoms with Crippen LogP contribution in [0.1, 0.15) is 10.4 Å². The third-order valence-electron chi connectivity index (χ3n) is 3.03. The molecule has 2 heterocycles. The number of carbonyl (C=O) groups is 1. The summed E-state index contributed by atoms with van der Waals surface area (Å²) in [6.07, 6.45) is 0. The highest BCUT2D eigenvalue weighted by atomic mass is 35.5. The van der Waals surface area contributed by atoms with Crippen LogP contribution in [-0.4, -0.2) is 27.4 Å². The third kappa shape index (κ3) is 3.64. The van der Waals surface area contributed by atoms with Crippen LogP contribution >= 0.6 is 34.7 Å². The Bertz CT molecular complexity index is 901. The van der Waals surface area contributed by atoms with E-state index in [0.29, 0.717) is 16.7 Å². The maximum absolute atomic E-state index is 12.2. The van der Waals surface area contributed by atoms with Gasteiger partial charge in [0.05, 0.1) is 12.7 Å². The summed E-state index contributed by atoms with van der Waals surface area (Å²) < 4.78 is 9.41. The molecule has 24 heavy (non-hydrogen) atoms. The number of hydrogen-bond acceptors (Lipinski definition) is 6. The minimum atomic E-state index is -0.433. The third-order valence-corrected chi connectivity index (χ3v) is 4.16. The molecule has 6 nitrogen and oxygen atoms in total. The number of ether oxygens (including phenoxy) is 1. The molecule has 0 fully saturated rings. The average molecular weight is 381 g/mol. The first-order chi connectivity index (χ1) is 11.6. The predicted octanol–water partition coefficient (Wildman–Crippen LogP) is 4.17. The van der Waals surface area contributed by atoms with Crippen LogP contribution in [0.15, 0.2) is 36.4 Å². The minimum absolute atomic E-state index is 0.0255. The molecule has 3 rings (SSSR count). The largest absolute Gasteiger partial charge is 0.497 e. The normalized spacial score (nSPS) is 10.5. The van der Waals surface area contributed by atoms with Crippen molar-refractivity contribution in [2.75, 3.05) is 12.4 Å². The number of halogens is 2. The monoisotopic (exact) mass is 380 g/mol. The van der Waals surface area contributed by atoms with Gasteiger partial charge in [0, 0.05) is 17.1 Å². The Hall–Kier alpha value is -2.22. The first kappa shape index (κ1) is 16.6. The first-order valence-corrected chi connectivity index (χ1v) is 8.21. The number of methoxy groups -OCH3 is 1. The highest BCUT2D eigenvalue weighted by molar-refractivity contribution is 7.10. The SMILES string of the molecule is COc1cccc(-c2nsc(NC(=O)c3ccc(Cl)nc3Cl)n2)c1. The first-order valence-electron chi connectivity index (χ1n) is 6.68. The highest BCUT2D eigenvalue weighted by Crippen LogP contribution is 2.25. The zero-order chi connectivity index (χ0) is 17.1. The Morgan fingerprint density at radius 2 is 2.04 bits per heavy atom. The van der Waals surface area contributed by atoms with Crippen molar-refractivity contribution in [1.82, 2.24) is 14.3 Å². The summed E-state index contributed by atoms with van der Waals surface area (Å²) in [7, 11) is 1.59. The smallest absolute Gasteiger partial charge is 0.260 e. The molecule has 0 radical (unpaired) electrons. The molecule has 1 amide bonds. The van der Waals surface area contributed by atoms with Crippen LogP contribution in [0.25, 0.3) is 11.4 Å². The van der Waals surface area contributed by atoms with E-state index in [2.05, 4.69) is 19.7 Å². The molecule has 0 saturated heterocycles. The second-order valence-electron chi connectivity index (χ2n) is 4.58. The zero-order valence-electron chi connectivity index (χ0n) is 12.3. The zero-order valence-corrected chi connectivity index (χ0v) is 14.6. The van der Waals surface area contributed by atoms with Crippen LogP contribution in [0.4, 0.5) is 5.13 Å². The van der Waals surface area contributed by atoms with Gasteiger partial charge in [0.15, 0.2) is 5.82 Å². The van der Waals surface area contributed by atoms with Gasteiger partial charge in [-0.15, -0.1) is 0 Å². The molecule has 0 spiro atoms. The molecule has 9 heteroatoms. The Balaban J connectivity index is 1.79. The molecule has 0 aliphatic rings. The van der Waals surface area contributed by atoms with Crippen molar-refractivity contribution >= 4 is 45.8 Å². The topological polar surface area (TPSA) is 77.0 Å². The summed E-state index contributed by atoms with van der Waals surface area (Å²) in [5, 5.41) is 3.24. The number of nitrogens with zero attached hydrogens (tertiary/aromatic N) is 3. The molecule has 1 N–H and O–H groups in total. The maximum Gasteiger partial charge on any atom is 0.260 e. The summed E-state index contributed by atoms with van der Waals surface area (Å²) in [5.41, 5.74) is 0.997.